The fraction of sp³-hybridized carbons (Fsp3) is 0.154. The Morgan fingerprint density at radius 2 is 1.95 bits per heavy atom. The smallest absolute Gasteiger partial charge is 0.395 e. The molecule has 1 heterocycles. The van der Waals surface area contributed by atoms with Gasteiger partial charge in [0.05, 0.1) is 12.1 Å². The van der Waals surface area contributed by atoms with Gasteiger partial charge >= 0.3 is 5.88 Å². The average Bonchev–Trinajstić information content (AvgIpc) is 2.89. The fourth-order valence-corrected chi connectivity index (χ4v) is 1.64. The number of benzene rings is 1. The van der Waals surface area contributed by atoms with Gasteiger partial charge in [0.1, 0.15) is 4.92 Å². The highest BCUT2D eigenvalue weighted by molar-refractivity contribution is 5.91. The highest BCUT2D eigenvalue weighted by atomic mass is 16.6. The van der Waals surface area contributed by atoms with E-state index >= 15 is 0 Å². The predicted molar refractivity (Wildman–Crippen MR) is 67.7 cm³/mol. The minimum atomic E-state index is -0.683. The summed E-state index contributed by atoms with van der Waals surface area (Å²) in [6.45, 7) is 1.82. The van der Waals surface area contributed by atoms with Gasteiger partial charge in [0.2, 0.25) is 0 Å². The molecule has 19 heavy (non-hydrogen) atoms. The highest BCUT2D eigenvalue weighted by Gasteiger charge is 2.18. The maximum atomic E-state index is 11.8. The Morgan fingerprint density at radius 3 is 2.53 bits per heavy atom. The van der Waals surface area contributed by atoms with Gasteiger partial charge in [0, 0.05) is 0 Å². The van der Waals surface area contributed by atoms with Crippen LogP contribution >= 0.6 is 0 Å². The SMILES string of the molecule is C[C@H](NC(=O)c1ccc([N+](=O)[O-])o1)c1ccccc1. The van der Waals surface area contributed by atoms with Crippen molar-refractivity contribution in [3.8, 4) is 0 Å². The van der Waals surface area contributed by atoms with Gasteiger partial charge in [-0.2, -0.15) is 0 Å². The molecule has 0 spiro atoms. The predicted octanol–water partition coefficient (Wildman–Crippen LogP) is 2.68. The normalized spacial score (nSPS) is 11.8. The second-order valence-corrected chi connectivity index (χ2v) is 4.00. The van der Waals surface area contributed by atoms with E-state index in [0.717, 1.165) is 11.6 Å². The Bertz CT molecular complexity index is 592. The van der Waals surface area contributed by atoms with Crippen molar-refractivity contribution in [3.63, 3.8) is 0 Å². The summed E-state index contributed by atoms with van der Waals surface area (Å²) in [5, 5.41) is 13.2. The van der Waals surface area contributed by atoms with Crippen LogP contribution in [-0.2, 0) is 0 Å². The second-order valence-electron chi connectivity index (χ2n) is 4.00. The molecule has 0 aliphatic heterocycles. The largest absolute Gasteiger partial charge is 0.433 e. The van der Waals surface area contributed by atoms with E-state index in [1.807, 2.05) is 37.3 Å². The molecule has 1 N–H and O–H groups in total. The maximum Gasteiger partial charge on any atom is 0.433 e. The monoisotopic (exact) mass is 260 g/mol. The van der Waals surface area contributed by atoms with Gasteiger partial charge in [-0.3, -0.25) is 14.9 Å². The van der Waals surface area contributed by atoms with E-state index in [4.69, 9.17) is 4.42 Å². The fourth-order valence-electron chi connectivity index (χ4n) is 1.64. The summed E-state index contributed by atoms with van der Waals surface area (Å²) >= 11 is 0. The van der Waals surface area contributed by atoms with Crippen LogP contribution in [0.4, 0.5) is 5.88 Å². The van der Waals surface area contributed by atoms with E-state index in [2.05, 4.69) is 5.32 Å². The number of nitrogens with one attached hydrogen (secondary N) is 1. The molecule has 0 saturated carbocycles. The van der Waals surface area contributed by atoms with Gasteiger partial charge in [0.25, 0.3) is 5.91 Å². The molecule has 1 amide bonds. The summed E-state index contributed by atoms with van der Waals surface area (Å²) in [7, 11) is 0. The topological polar surface area (TPSA) is 85.4 Å². The van der Waals surface area contributed by atoms with Crippen LogP contribution in [0.1, 0.15) is 29.1 Å². The number of carbonyl (C=O) groups is 1. The molecule has 0 fully saturated rings. The molecule has 6 heteroatoms. The van der Waals surface area contributed by atoms with Crippen LogP contribution in [0.2, 0.25) is 0 Å². The lowest BCUT2D eigenvalue weighted by atomic mass is 10.1. The molecular weight excluding hydrogens is 248 g/mol. The molecule has 0 aliphatic rings. The van der Waals surface area contributed by atoms with Crippen LogP contribution in [0.15, 0.2) is 46.9 Å². The lowest BCUT2D eigenvalue weighted by molar-refractivity contribution is -0.402. The van der Waals surface area contributed by atoms with Crippen molar-refractivity contribution >= 4 is 11.8 Å². The van der Waals surface area contributed by atoms with Crippen LogP contribution in [0.25, 0.3) is 0 Å². The van der Waals surface area contributed by atoms with Gasteiger partial charge < -0.3 is 9.73 Å². The van der Waals surface area contributed by atoms with Gasteiger partial charge in [-0.25, -0.2) is 0 Å². The summed E-state index contributed by atoms with van der Waals surface area (Å²) in [6, 6.07) is 11.6. The summed E-state index contributed by atoms with van der Waals surface area (Å²) in [6.07, 6.45) is 0. The molecule has 0 unspecified atom stereocenters. The van der Waals surface area contributed by atoms with Crippen LogP contribution in [-0.4, -0.2) is 10.8 Å². The van der Waals surface area contributed by atoms with Gasteiger partial charge in [-0.15, -0.1) is 0 Å². The van der Waals surface area contributed by atoms with Gasteiger partial charge in [0.15, 0.2) is 5.76 Å². The molecule has 1 aromatic carbocycles. The first-order chi connectivity index (χ1) is 9.08. The molecule has 0 aliphatic carbocycles. The molecule has 1 aromatic heterocycles. The molecule has 98 valence electrons. The number of hydrogen-bond donors (Lipinski definition) is 1. The minimum absolute atomic E-state index is 0.0746. The van der Waals surface area contributed by atoms with Crippen LogP contribution in [0, 0.1) is 10.1 Å². The Hall–Kier alpha value is -2.63. The van der Waals surface area contributed by atoms with E-state index in [0.29, 0.717) is 0 Å². The average molecular weight is 260 g/mol. The van der Waals surface area contributed by atoms with E-state index in [1.54, 1.807) is 0 Å². The Balaban J connectivity index is 2.06. The van der Waals surface area contributed by atoms with Gasteiger partial charge in [-0.05, 0) is 18.6 Å². The molecule has 2 rings (SSSR count). The van der Waals surface area contributed by atoms with Crippen LogP contribution < -0.4 is 5.32 Å². The van der Waals surface area contributed by atoms with Crippen molar-refractivity contribution in [1.29, 1.82) is 0 Å². The molecule has 0 radical (unpaired) electrons. The Labute approximate surface area is 109 Å². The third-order valence-electron chi connectivity index (χ3n) is 2.64. The summed E-state index contributed by atoms with van der Waals surface area (Å²) < 4.78 is 4.83. The van der Waals surface area contributed by atoms with Crippen molar-refractivity contribution in [3.05, 3.63) is 63.9 Å². The standard InChI is InChI=1S/C13H12N2O4/c1-9(10-5-3-2-4-6-10)14-13(16)11-7-8-12(19-11)15(17)18/h2-9H,1H3,(H,14,16)/t9-/m0/s1. The Kier molecular flexibility index (Phi) is 3.61. The molecular formula is C13H12N2O4. The summed E-state index contributed by atoms with van der Waals surface area (Å²) in [5.41, 5.74) is 0.942. The zero-order valence-corrected chi connectivity index (χ0v) is 10.2. The minimum Gasteiger partial charge on any atom is -0.395 e. The van der Waals surface area contributed by atoms with Crippen LogP contribution in [0.5, 0.6) is 0 Å². The number of nitrogens with zero attached hydrogens (tertiary/aromatic N) is 1. The Morgan fingerprint density at radius 1 is 1.26 bits per heavy atom. The third kappa shape index (κ3) is 2.98. The summed E-state index contributed by atoms with van der Waals surface area (Å²) in [5.74, 6) is -1.00. The lowest BCUT2D eigenvalue weighted by Crippen LogP contribution is -2.26. The zero-order valence-electron chi connectivity index (χ0n) is 10.2. The second kappa shape index (κ2) is 5.34. The molecule has 0 bridgehead atoms. The van der Waals surface area contributed by atoms with Crippen molar-refractivity contribution in [2.75, 3.05) is 0 Å². The number of carbonyl (C=O) groups excluding carboxylic acids is 1. The van der Waals surface area contributed by atoms with Crippen molar-refractivity contribution in [1.82, 2.24) is 5.32 Å². The molecule has 2 aromatic rings. The molecule has 0 saturated heterocycles. The first-order valence-electron chi connectivity index (χ1n) is 5.68. The number of hydrogen-bond acceptors (Lipinski definition) is 4. The maximum absolute atomic E-state index is 11.8. The van der Waals surface area contributed by atoms with E-state index in [1.165, 1.54) is 6.07 Å². The number of nitro groups is 1. The van der Waals surface area contributed by atoms with Crippen molar-refractivity contribution in [2.45, 2.75) is 13.0 Å². The number of furan rings is 1. The lowest BCUT2D eigenvalue weighted by Gasteiger charge is -2.12. The first kappa shape index (κ1) is 12.8. The zero-order chi connectivity index (χ0) is 13.8. The van der Waals surface area contributed by atoms with Gasteiger partial charge in [-0.1, -0.05) is 30.3 Å². The molecule has 1 atom stereocenters. The van der Waals surface area contributed by atoms with Crippen molar-refractivity contribution in [2.24, 2.45) is 0 Å². The number of rotatable bonds is 4. The van der Waals surface area contributed by atoms with E-state index < -0.39 is 16.7 Å². The summed E-state index contributed by atoms with van der Waals surface area (Å²) in [4.78, 5) is 21.6. The van der Waals surface area contributed by atoms with E-state index in [-0.39, 0.29) is 11.8 Å². The quantitative estimate of drug-likeness (QED) is 0.676. The first-order valence-corrected chi connectivity index (χ1v) is 5.68. The van der Waals surface area contributed by atoms with E-state index in [9.17, 15) is 14.9 Å². The van der Waals surface area contributed by atoms with Crippen molar-refractivity contribution < 1.29 is 14.1 Å². The molecule has 6 nitrogen and oxygen atoms in total. The third-order valence-corrected chi connectivity index (χ3v) is 2.64. The van der Waals surface area contributed by atoms with Crippen LogP contribution in [0.3, 0.4) is 0 Å². The number of amides is 1. The highest BCUT2D eigenvalue weighted by Crippen LogP contribution is 2.17.